The number of H-pyrrole nitrogens is 1. The van der Waals surface area contributed by atoms with Crippen molar-refractivity contribution in [3.63, 3.8) is 0 Å². The molecule has 2 heterocycles. The Bertz CT molecular complexity index is 787. The molecule has 1 amide bonds. The van der Waals surface area contributed by atoms with Crippen molar-refractivity contribution in [2.45, 2.75) is 26.9 Å². The number of amides is 1. The first kappa shape index (κ1) is 14.3. The quantitative estimate of drug-likeness (QED) is 0.759. The van der Waals surface area contributed by atoms with Crippen molar-refractivity contribution in [1.82, 2.24) is 25.1 Å². The SMILES string of the molecule is CC(C)Cn1cncc1CNC(=O)c1n[nH]c2ccccc12. The van der Waals surface area contributed by atoms with Gasteiger partial charge < -0.3 is 9.88 Å². The van der Waals surface area contributed by atoms with Crippen LogP contribution < -0.4 is 5.32 Å². The number of rotatable bonds is 5. The lowest BCUT2D eigenvalue weighted by atomic mass is 10.2. The maximum Gasteiger partial charge on any atom is 0.272 e. The third-order valence-corrected chi connectivity index (χ3v) is 3.48. The maximum atomic E-state index is 12.3. The van der Waals surface area contributed by atoms with Crippen molar-refractivity contribution in [2.75, 3.05) is 0 Å². The lowest BCUT2D eigenvalue weighted by Crippen LogP contribution is -2.25. The van der Waals surface area contributed by atoms with Crippen molar-refractivity contribution in [3.8, 4) is 0 Å². The lowest BCUT2D eigenvalue weighted by Gasteiger charge is -2.10. The average Bonchev–Trinajstić information content (AvgIpc) is 3.11. The van der Waals surface area contributed by atoms with Crippen LogP contribution in [0.1, 0.15) is 30.0 Å². The van der Waals surface area contributed by atoms with Crippen LogP contribution in [0.2, 0.25) is 0 Å². The third kappa shape index (κ3) is 2.86. The Morgan fingerprint density at radius 3 is 3.00 bits per heavy atom. The number of carbonyl (C=O) groups excluding carboxylic acids is 1. The van der Waals surface area contributed by atoms with Gasteiger partial charge in [-0.2, -0.15) is 5.10 Å². The number of hydrogen-bond donors (Lipinski definition) is 2. The molecule has 1 aromatic carbocycles. The smallest absolute Gasteiger partial charge is 0.272 e. The molecule has 0 radical (unpaired) electrons. The molecule has 3 aromatic rings. The molecular formula is C16H19N5O. The van der Waals surface area contributed by atoms with Crippen LogP contribution in [0.3, 0.4) is 0 Å². The van der Waals surface area contributed by atoms with Gasteiger partial charge in [-0.25, -0.2) is 4.98 Å². The minimum absolute atomic E-state index is 0.185. The Labute approximate surface area is 128 Å². The zero-order valence-corrected chi connectivity index (χ0v) is 12.7. The van der Waals surface area contributed by atoms with E-state index in [2.05, 4.69) is 38.9 Å². The van der Waals surface area contributed by atoms with E-state index >= 15 is 0 Å². The predicted octanol–water partition coefficient (Wildman–Crippen LogP) is 2.35. The summed E-state index contributed by atoms with van der Waals surface area (Å²) in [6.45, 7) is 5.62. The summed E-state index contributed by atoms with van der Waals surface area (Å²) in [5.74, 6) is 0.341. The number of nitrogens with zero attached hydrogens (tertiary/aromatic N) is 3. The summed E-state index contributed by atoms with van der Waals surface area (Å²) in [5, 5.41) is 10.7. The van der Waals surface area contributed by atoms with Gasteiger partial charge in [0.05, 0.1) is 24.1 Å². The molecule has 0 aliphatic rings. The van der Waals surface area contributed by atoms with E-state index in [-0.39, 0.29) is 5.91 Å². The van der Waals surface area contributed by atoms with Gasteiger partial charge in [0.15, 0.2) is 5.69 Å². The predicted molar refractivity (Wildman–Crippen MR) is 84.3 cm³/mol. The monoisotopic (exact) mass is 297 g/mol. The topological polar surface area (TPSA) is 75.6 Å². The van der Waals surface area contributed by atoms with E-state index in [1.165, 1.54) is 0 Å². The molecule has 0 unspecified atom stereocenters. The first-order valence-corrected chi connectivity index (χ1v) is 7.35. The van der Waals surface area contributed by atoms with Crippen molar-refractivity contribution < 1.29 is 4.79 Å². The molecule has 0 saturated heterocycles. The molecule has 0 fully saturated rings. The molecule has 6 nitrogen and oxygen atoms in total. The molecule has 3 rings (SSSR count). The third-order valence-electron chi connectivity index (χ3n) is 3.48. The second-order valence-corrected chi connectivity index (χ2v) is 5.73. The van der Waals surface area contributed by atoms with Crippen LogP contribution >= 0.6 is 0 Å². The fourth-order valence-corrected chi connectivity index (χ4v) is 2.44. The van der Waals surface area contributed by atoms with Crippen molar-refractivity contribution in [3.05, 3.63) is 48.2 Å². The van der Waals surface area contributed by atoms with Gasteiger partial charge >= 0.3 is 0 Å². The number of nitrogens with one attached hydrogen (secondary N) is 2. The molecule has 0 bridgehead atoms. The van der Waals surface area contributed by atoms with E-state index in [1.54, 1.807) is 12.5 Å². The average molecular weight is 297 g/mol. The summed E-state index contributed by atoms with van der Waals surface area (Å²) >= 11 is 0. The zero-order valence-electron chi connectivity index (χ0n) is 12.7. The normalized spacial score (nSPS) is 11.2. The zero-order chi connectivity index (χ0) is 15.5. The van der Waals surface area contributed by atoms with Crippen LogP contribution in [-0.4, -0.2) is 25.7 Å². The second-order valence-electron chi connectivity index (χ2n) is 5.73. The van der Waals surface area contributed by atoms with Crippen molar-refractivity contribution in [2.24, 2.45) is 5.92 Å². The number of aromatic amines is 1. The van der Waals surface area contributed by atoms with E-state index in [9.17, 15) is 4.79 Å². The highest BCUT2D eigenvalue weighted by molar-refractivity contribution is 6.04. The van der Waals surface area contributed by atoms with E-state index in [0.717, 1.165) is 23.1 Å². The highest BCUT2D eigenvalue weighted by Crippen LogP contribution is 2.15. The van der Waals surface area contributed by atoms with Crippen LogP contribution in [0.4, 0.5) is 0 Å². The Kier molecular flexibility index (Phi) is 3.91. The van der Waals surface area contributed by atoms with Crippen LogP contribution in [0.15, 0.2) is 36.8 Å². The van der Waals surface area contributed by atoms with Crippen LogP contribution in [0.5, 0.6) is 0 Å². The standard InChI is InChI=1S/C16H19N5O/c1-11(2)9-21-10-17-7-12(21)8-18-16(22)15-13-5-3-4-6-14(13)19-20-15/h3-7,10-11H,8-9H2,1-2H3,(H,18,22)(H,19,20). The number of carbonyl (C=O) groups is 1. The molecular weight excluding hydrogens is 278 g/mol. The van der Waals surface area contributed by atoms with Gasteiger partial charge in [0.2, 0.25) is 0 Å². The van der Waals surface area contributed by atoms with E-state index < -0.39 is 0 Å². The van der Waals surface area contributed by atoms with Gasteiger partial charge in [-0.1, -0.05) is 32.0 Å². The van der Waals surface area contributed by atoms with Gasteiger partial charge in [-0.05, 0) is 12.0 Å². The largest absolute Gasteiger partial charge is 0.345 e. The summed E-state index contributed by atoms with van der Waals surface area (Å²) in [6, 6.07) is 7.59. The summed E-state index contributed by atoms with van der Waals surface area (Å²) in [7, 11) is 0. The van der Waals surface area contributed by atoms with Crippen LogP contribution in [0.25, 0.3) is 10.9 Å². The molecule has 114 valence electrons. The summed E-state index contributed by atoms with van der Waals surface area (Å²) in [5.41, 5.74) is 2.27. The molecule has 0 aliphatic carbocycles. The van der Waals surface area contributed by atoms with Gasteiger partial charge in [0.25, 0.3) is 5.91 Å². The van der Waals surface area contributed by atoms with Gasteiger partial charge in [0.1, 0.15) is 0 Å². The molecule has 0 spiro atoms. The number of hydrogen-bond acceptors (Lipinski definition) is 3. The second kappa shape index (κ2) is 6.01. The van der Waals surface area contributed by atoms with Crippen LogP contribution in [0, 0.1) is 5.92 Å². The molecule has 0 aliphatic heterocycles. The molecule has 0 atom stereocenters. The minimum atomic E-state index is -0.185. The van der Waals surface area contributed by atoms with Crippen LogP contribution in [-0.2, 0) is 13.1 Å². The van der Waals surface area contributed by atoms with E-state index in [0.29, 0.717) is 18.2 Å². The Balaban J connectivity index is 1.72. The van der Waals surface area contributed by atoms with E-state index in [1.807, 2.05) is 24.3 Å². The number of aromatic nitrogens is 4. The number of imidazole rings is 1. The molecule has 2 aromatic heterocycles. The lowest BCUT2D eigenvalue weighted by molar-refractivity contribution is 0.0946. The number of para-hydroxylation sites is 1. The first-order chi connectivity index (χ1) is 10.6. The van der Waals surface area contributed by atoms with Gasteiger partial charge in [-0.3, -0.25) is 9.89 Å². The number of benzene rings is 1. The summed E-state index contributed by atoms with van der Waals surface area (Å²) < 4.78 is 2.06. The van der Waals surface area contributed by atoms with Crippen molar-refractivity contribution >= 4 is 16.8 Å². The summed E-state index contributed by atoms with van der Waals surface area (Å²) in [4.78, 5) is 16.5. The molecule has 2 N–H and O–H groups in total. The highest BCUT2D eigenvalue weighted by Gasteiger charge is 2.14. The summed E-state index contributed by atoms with van der Waals surface area (Å²) in [6.07, 6.45) is 3.58. The molecule has 0 saturated carbocycles. The fraction of sp³-hybridized carbons (Fsp3) is 0.312. The highest BCUT2D eigenvalue weighted by atomic mass is 16.1. The number of fused-ring (bicyclic) bond motifs is 1. The van der Waals surface area contributed by atoms with Gasteiger partial charge in [0, 0.05) is 18.1 Å². The molecule has 6 heteroatoms. The fourth-order valence-electron chi connectivity index (χ4n) is 2.44. The van der Waals surface area contributed by atoms with Gasteiger partial charge in [-0.15, -0.1) is 0 Å². The first-order valence-electron chi connectivity index (χ1n) is 7.35. The minimum Gasteiger partial charge on any atom is -0.345 e. The molecule has 22 heavy (non-hydrogen) atoms. The Hall–Kier alpha value is -2.63. The maximum absolute atomic E-state index is 12.3. The van der Waals surface area contributed by atoms with Crippen molar-refractivity contribution in [1.29, 1.82) is 0 Å². The van der Waals surface area contributed by atoms with E-state index in [4.69, 9.17) is 0 Å². The Morgan fingerprint density at radius 2 is 2.18 bits per heavy atom. The Morgan fingerprint density at radius 1 is 1.36 bits per heavy atom.